The minimum absolute atomic E-state index is 0.513. The Kier molecular flexibility index (Phi) is 4.12. The van der Waals surface area contributed by atoms with E-state index in [9.17, 15) is 4.79 Å². The summed E-state index contributed by atoms with van der Waals surface area (Å²) in [5, 5.41) is 0. The fourth-order valence-corrected chi connectivity index (χ4v) is 1.25. The summed E-state index contributed by atoms with van der Waals surface area (Å²) < 4.78 is 5.81. The lowest BCUT2D eigenvalue weighted by molar-refractivity contribution is 0.0541. The van der Waals surface area contributed by atoms with Crippen molar-refractivity contribution in [2.24, 2.45) is 0 Å². The van der Waals surface area contributed by atoms with Crippen LogP contribution < -0.4 is 10.9 Å². The van der Waals surface area contributed by atoms with Crippen molar-refractivity contribution in [3.8, 4) is 0 Å². The third-order valence-corrected chi connectivity index (χ3v) is 2.10. The Balaban J connectivity index is 2.47. The summed E-state index contributed by atoms with van der Waals surface area (Å²) in [5.74, 6) is 0. The molecule has 0 saturated heterocycles. The van der Waals surface area contributed by atoms with Crippen LogP contribution in [0.5, 0.6) is 0 Å². The molecule has 1 amide bonds. The molecule has 0 unspecified atom stereocenters. The van der Waals surface area contributed by atoms with Gasteiger partial charge in [-0.25, -0.2) is 10.2 Å². The average molecular weight is 288 g/mol. The van der Waals surface area contributed by atoms with E-state index in [4.69, 9.17) is 4.74 Å². The Labute approximate surface area is 103 Å². The molecular formula is C10H14BrN3O2. The van der Waals surface area contributed by atoms with Crippen molar-refractivity contribution in [2.45, 2.75) is 26.4 Å². The van der Waals surface area contributed by atoms with E-state index in [1.54, 1.807) is 39.2 Å². The maximum absolute atomic E-state index is 11.3. The van der Waals surface area contributed by atoms with Crippen molar-refractivity contribution in [3.63, 3.8) is 0 Å². The molecular weight excluding hydrogens is 274 g/mol. The molecule has 0 aliphatic rings. The van der Waals surface area contributed by atoms with Gasteiger partial charge in [0.1, 0.15) is 5.60 Å². The fraction of sp³-hybridized carbons (Fsp3) is 0.400. The van der Waals surface area contributed by atoms with Gasteiger partial charge in [0.15, 0.2) is 0 Å². The molecule has 0 saturated carbocycles. The molecule has 0 spiro atoms. The fourth-order valence-electron chi connectivity index (χ4n) is 0.899. The average Bonchev–Trinajstić information content (AvgIpc) is 2.14. The first-order valence-corrected chi connectivity index (χ1v) is 5.52. The molecule has 0 atom stereocenters. The van der Waals surface area contributed by atoms with E-state index in [1.165, 1.54) is 0 Å². The van der Waals surface area contributed by atoms with Gasteiger partial charge in [-0.05, 0) is 42.8 Å². The highest BCUT2D eigenvalue weighted by molar-refractivity contribution is 9.10. The third kappa shape index (κ3) is 4.48. The van der Waals surface area contributed by atoms with Crippen LogP contribution in [0.15, 0.2) is 22.9 Å². The van der Waals surface area contributed by atoms with E-state index in [0.29, 0.717) is 5.69 Å². The van der Waals surface area contributed by atoms with Crippen LogP contribution in [-0.2, 0) is 4.74 Å². The van der Waals surface area contributed by atoms with Crippen LogP contribution in [0.1, 0.15) is 20.8 Å². The van der Waals surface area contributed by atoms with Gasteiger partial charge in [-0.3, -0.25) is 10.4 Å². The van der Waals surface area contributed by atoms with Crippen molar-refractivity contribution in [2.75, 3.05) is 5.43 Å². The normalized spacial score (nSPS) is 10.8. The maximum atomic E-state index is 11.3. The highest BCUT2D eigenvalue weighted by atomic mass is 79.9. The second kappa shape index (κ2) is 5.16. The van der Waals surface area contributed by atoms with E-state index < -0.39 is 11.7 Å². The first kappa shape index (κ1) is 12.8. The van der Waals surface area contributed by atoms with Crippen LogP contribution in [0.25, 0.3) is 0 Å². The van der Waals surface area contributed by atoms with Crippen LogP contribution in [0, 0.1) is 0 Å². The third-order valence-electron chi connectivity index (χ3n) is 1.47. The predicted molar refractivity (Wildman–Crippen MR) is 64.9 cm³/mol. The number of pyridine rings is 1. The summed E-state index contributed by atoms with van der Waals surface area (Å²) in [6.45, 7) is 5.40. The summed E-state index contributed by atoms with van der Waals surface area (Å²) in [5.41, 5.74) is 5.35. The first-order valence-electron chi connectivity index (χ1n) is 4.73. The van der Waals surface area contributed by atoms with E-state index in [-0.39, 0.29) is 0 Å². The molecule has 0 aliphatic carbocycles. The maximum Gasteiger partial charge on any atom is 0.426 e. The number of halogens is 1. The van der Waals surface area contributed by atoms with Crippen LogP contribution in [0.3, 0.4) is 0 Å². The summed E-state index contributed by atoms with van der Waals surface area (Å²) in [6.07, 6.45) is 2.71. The number of hydrogen-bond donors (Lipinski definition) is 2. The molecule has 6 heteroatoms. The number of rotatable bonds is 2. The van der Waals surface area contributed by atoms with Gasteiger partial charge in [-0.2, -0.15) is 0 Å². The lowest BCUT2D eigenvalue weighted by Gasteiger charge is -2.20. The Bertz CT molecular complexity index is 377. The van der Waals surface area contributed by atoms with Gasteiger partial charge in [0.2, 0.25) is 0 Å². The van der Waals surface area contributed by atoms with Gasteiger partial charge in [-0.1, -0.05) is 0 Å². The van der Waals surface area contributed by atoms with Crippen molar-refractivity contribution in [3.05, 3.63) is 22.9 Å². The van der Waals surface area contributed by atoms with Crippen molar-refractivity contribution < 1.29 is 9.53 Å². The molecule has 0 fully saturated rings. The van der Waals surface area contributed by atoms with Crippen LogP contribution in [-0.4, -0.2) is 16.7 Å². The van der Waals surface area contributed by atoms with Gasteiger partial charge in [0.05, 0.1) is 10.2 Å². The van der Waals surface area contributed by atoms with Gasteiger partial charge < -0.3 is 4.74 Å². The number of nitrogens with zero attached hydrogens (tertiary/aromatic N) is 1. The molecule has 16 heavy (non-hydrogen) atoms. The zero-order chi connectivity index (χ0) is 12.2. The number of hydrazine groups is 1. The summed E-state index contributed by atoms with van der Waals surface area (Å²) in [6, 6.07) is 1.72. The Morgan fingerprint density at radius 1 is 1.50 bits per heavy atom. The smallest absolute Gasteiger partial charge is 0.426 e. The van der Waals surface area contributed by atoms with Crippen LogP contribution in [0.4, 0.5) is 10.5 Å². The number of nitrogens with one attached hydrogen (secondary N) is 2. The zero-order valence-electron chi connectivity index (χ0n) is 9.37. The largest absolute Gasteiger partial charge is 0.443 e. The second-order valence-electron chi connectivity index (χ2n) is 4.11. The number of aromatic nitrogens is 1. The van der Waals surface area contributed by atoms with Crippen molar-refractivity contribution in [1.82, 2.24) is 10.4 Å². The first-order chi connectivity index (χ1) is 7.38. The lowest BCUT2D eigenvalue weighted by atomic mass is 10.2. The van der Waals surface area contributed by atoms with E-state index in [2.05, 4.69) is 31.8 Å². The lowest BCUT2D eigenvalue weighted by Crippen LogP contribution is -2.35. The highest BCUT2D eigenvalue weighted by Crippen LogP contribution is 2.18. The molecule has 1 aromatic rings. The van der Waals surface area contributed by atoms with Gasteiger partial charge in [0, 0.05) is 12.4 Å². The summed E-state index contributed by atoms with van der Waals surface area (Å²) in [4.78, 5) is 15.2. The molecule has 1 heterocycles. The second-order valence-corrected chi connectivity index (χ2v) is 4.96. The molecule has 1 aromatic heterocycles. The zero-order valence-corrected chi connectivity index (χ0v) is 11.0. The van der Waals surface area contributed by atoms with Gasteiger partial charge in [-0.15, -0.1) is 0 Å². The SMILES string of the molecule is CC(C)(C)OC(=O)NNc1ccncc1Br. The number of amides is 1. The number of carbonyl (C=O) groups excluding carboxylic acids is 1. The Morgan fingerprint density at radius 2 is 2.19 bits per heavy atom. The molecule has 1 rings (SSSR count). The van der Waals surface area contributed by atoms with Gasteiger partial charge in [0.25, 0.3) is 0 Å². The highest BCUT2D eigenvalue weighted by Gasteiger charge is 2.15. The molecule has 88 valence electrons. The molecule has 0 radical (unpaired) electrons. The van der Waals surface area contributed by atoms with Crippen molar-refractivity contribution in [1.29, 1.82) is 0 Å². The molecule has 2 N–H and O–H groups in total. The number of ether oxygens (including phenoxy) is 1. The number of hydrogen-bond acceptors (Lipinski definition) is 4. The monoisotopic (exact) mass is 287 g/mol. The van der Waals surface area contributed by atoms with E-state index >= 15 is 0 Å². The minimum atomic E-state index is -0.531. The van der Waals surface area contributed by atoms with Gasteiger partial charge >= 0.3 is 6.09 Å². The van der Waals surface area contributed by atoms with E-state index in [1.807, 2.05) is 0 Å². The minimum Gasteiger partial charge on any atom is -0.443 e. The molecule has 0 aromatic carbocycles. The molecule has 0 bridgehead atoms. The van der Waals surface area contributed by atoms with Crippen LogP contribution in [0.2, 0.25) is 0 Å². The number of anilines is 1. The summed E-state index contributed by atoms with van der Waals surface area (Å²) >= 11 is 3.29. The molecule has 5 nitrogen and oxygen atoms in total. The Hall–Kier alpha value is -1.30. The topological polar surface area (TPSA) is 63.2 Å². The van der Waals surface area contributed by atoms with Crippen molar-refractivity contribution >= 4 is 27.7 Å². The summed E-state index contributed by atoms with van der Waals surface area (Å²) in [7, 11) is 0. The molecule has 0 aliphatic heterocycles. The standard InChI is InChI=1S/C10H14BrN3O2/c1-10(2,3)16-9(15)14-13-8-4-5-12-6-7(8)11/h4-6H,1-3H3,(H,12,13)(H,14,15). The quantitative estimate of drug-likeness (QED) is 0.821. The predicted octanol–water partition coefficient (Wildman–Crippen LogP) is 2.70. The van der Waals surface area contributed by atoms with Crippen LogP contribution >= 0.6 is 15.9 Å². The number of carbonyl (C=O) groups is 1. The Morgan fingerprint density at radius 3 is 2.75 bits per heavy atom. The van der Waals surface area contributed by atoms with E-state index in [0.717, 1.165) is 4.47 Å².